The quantitative estimate of drug-likeness (QED) is 0.0617. The highest BCUT2D eigenvalue weighted by Gasteiger charge is 2.26. The Morgan fingerprint density at radius 1 is 0.744 bits per heavy atom. The number of ether oxygens (including phenoxy) is 2. The fourth-order valence-electron chi connectivity index (χ4n) is 3.59. The average molecular weight is 599 g/mol. The van der Waals surface area contributed by atoms with Crippen LogP contribution in [0, 0.1) is 0 Å². The van der Waals surface area contributed by atoms with Crippen LogP contribution >= 0.6 is 0 Å². The summed E-state index contributed by atoms with van der Waals surface area (Å²) in [6.07, 6.45) is 31.8. The molecule has 0 aliphatic rings. The van der Waals surface area contributed by atoms with Crippen LogP contribution in [0.4, 0.5) is 0 Å². The summed E-state index contributed by atoms with van der Waals surface area (Å²) in [4.78, 5) is 48.0. The molecule has 0 heterocycles. The van der Waals surface area contributed by atoms with Crippen LogP contribution in [0.3, 0.4) is 0 Å². The van der Waals surface area contributed by atoms with Crippen molar-refractivity contribution >= 4 is 23.8 Å². The number of carbonyl (C=O) groups excluding carboxylic acids is 4. The third kappa shape index (κ3) is 26.9. The second kappa shape index (κ2) is 26.0. The van der Waals surface area contributed by atoms with Gasteiger partial charge < -0.3 is 20.1 Å². The normalized spacial score (nSPS) is 13.1. The maximum atomic E-state index is 12.7. The van der Waals surface area contributed by atoms with Gasteiger partial charge in [-0.3, -0.25) is 9.59 Å². The van der Waals surface area contributed by atoms with Crippen molar-refractivity contribution in [3.8, 4) is 0 Å². The van der Waals surface area contributed by atoms with E-state index in [1.807, 2.05) is 0 Å². The van der Waals surface area contributed by atoms with E-state index >= 15 is 0 Å². The minimum Gasteiger partial charge on any atom is -0.466 e. The van der Waals surface area contributed by atoms with Crippen molar-refractivity contribution in [2.45, 2.75) is 110 Å². The van der Waals surface area contributed by atoms with Crippen LogP contribution in [0.5, 0.6) is 0 Å². The third-order valence-corrected chi connectivity index (χ3v) is 5.75. The largest absolute Gasteiger partial charge is 0.466 e. The molecule has 43 heavy (non-hydrogen) atoms. The van der Waals surface area contributed by atoms with Crippen molar-refractivity contribution in [1.29, 1.82) is 0 Å². The van der Waals surface area contributed by atoms with E-state index in [1.54, 1.807) is 20.8 Å². The van der Waals surface area contributed by atoms with E-state index < -0.39 is 29.5 Å². The van der Waals surface area contributed by atoms with Gasteiger partial charge in [0.05, 0.1) is 7.11 Å². The summed E-state index contributed by atoms with van der Waals surface area (Å²) in [5.74, 6) is -1.67. The molecule has 0 rings (SSSR count). The molecule has 0 fully saturated rings. The molecule has 8 nitrogen and oxygen atoms in total. The molecule has 0 aliphatic heterocycles. The second-order valence-corrected chi connectivity index (χ2v) is 10.9. The lowest BCUT2D eigenvalue weighted by atomic mass is 10.1. The van der Waals surface area contributed by atoms with Gasteiger partial charge in [-0.05, 0) is 85.0 Å². The van der Waals surface area contributed by atoms with Crippen molar-refractivity contribution in [3.63, 3.8) is 0 Å². The first kappa shape index (κ1) is 39.3. The number of amides is 2. The number of carbonyl (C=O) groups is 4. The van der Waals surface area contributed by atoms with E-state index in [4.69, 9.17) is 4.74 Å². The zero-order chi connectivity index (χ0) is 32.2. The first-order valence-electron chi connectivity index (χ1n) is 15.4. The Bertz CT molecular complexity index is 983. The van der Waals surface area contributed by atoms with Crippen LogP contribution in [0.2, 0.25) is 0 Å². The Kier molecular flexibility index (Phi) is 23.8. The van der Waals surface area contributed by atoms with Gasteiger partial charge in [-0.1, -0.05) is 67.7 Å². The lowest BCUT2D eigenvalue weighted by molar-refractivity contribution is -0.159. The number of esters is 2. The predicted molar refractivity (Wildman–Crippen MR) is 174 cm³/mol. The molecule has 2 amide bonds. The molecule has 8 heteroatoms. The van der Waals surface area contributed by atoms with Crippen molar-refractivity contribution in [3.05, 3.63) is 72.9 Å². The molecule has 0 bridgehead atoms. The minimum atomic E-state index is -0.754. The SMILES string of the molecule is CCC=CCC=CCC=CCC=CCC=CCCCC(=O)NC(CCCCNC(=O)C=CC(=O)OC)C(=O)OC(C)(C)C. The Labute approximate surface area is 259 Å². The Morgan fingerprint density at radius 2 is 1.30 bits per heavy atom. The molecule has 0 spiro atoms. The van der Waals surface area contributed by atoms with Gasteiger partial charge in [0.1, 0.15) is 11.6 Å². The van der Waals surface area contributed by atoms with E-state index in [9.17, 15) is 19.2 Å². The summed E-state index contributed by atoms with van der Waals surface area (Å²) in [6.45, 7) is 7.86. The Morgan fingerprint density at radius 3 is 1.84 bits per heavy atom. The van der Waals surface area contributed by atoms with E-state index in [0.717, 1.165) is 50.7 Å². The molecule has 1 atom stereocenters. The summed E-state index contributed by atoms with van der Waals surface area (Å²) in [5, 5.41) is 5.48. The van der Waals surface area contributed by atoms with Gasteiger partial charge in [0.25, 0.3) is 0 Å². The number of hydrogen-bond donors (Lipinski definition) is 2. The van der Waals surface area contributed by atoms with Crippen LogP contribution in [0.25, 0.3) is 0 Å². The van der Waals surface area contributed by atoms with Crippen molar-refractivity contribution in [2.24, 2.45) is 0 Å². The van der Waals surface area contributed by atoms with Gasteiger partial charge in [-0.15, -0.1) is 0 Å². The van der Waals surface area contributed by atoms with Gasteiger partial charge in [0.15, 0.2) is 0 Å². The van der Waals surface area contributed by atoms with E-state index in [-0.39, 0.29) is 5.91 Å². The van der Waals surface area contributed by atoms with E-state index in [1.165, 1.54) is 7.11 Å². The highest BCUT2D eigenvalue weighted by Crippen LogP contribution is 2.12. The van der Waals surface area contributed by atoms with Gasteiger partial charge in [0.2, 0.25) is 11.8 Å². The molecule has 0 saturated heterocycles. The zero-order valence-electron chi connectivity index (χ0n) is 26.9. The third-order valence-electron chi connectivity index (χ3n) is 5.75. The first-order valence-corrected chi connectivity index (χ1v) is 15.4. The highest BCUT2D eigenvalue weighted by molar-refractivity contribution is 5.94. The lowest BCUT2D eigenvalue weighted by Gasteiger charge is -2.24. The molecule has 1 unspecified atom stereocenters. The van der Waals surface area contributed by atoms with Crippen LogP contribution in [0.15, 0.2) is 72.9 Å². The van der Waals surface area contributed by atoms with Gasteiger partial charge in [-0.25, -0.2) is 9.59 Å². The summed E-state index contributed by atoms with van der Waals surface area (Å²) in [7, 11) is 1.23. The number of hydrogen-bond acceptors (Lipinski definition) is 6. The molecule has 0 aromatic carbocycles. The average Bonchev–Trinajstić information content (AvgIpc) is 2.95. The van der Waals surface area contributed by atoms with E-state index in [0.29, 0.717) is 38.6 Å². The first-order chi connectivity index (χ1) is 20.6. The molecule has 240 valence electrons. The van der Waals surface area contributed by atoms with Gasteiger partial charge in [0, 0.05) is 25.1 Å². The minimum absolute atomic E-state index is 0.190. The lowest BCUT2D eigenvalue weighted by Crippen LogP contribution is -2.44. The molecule has 0 saturated carbocycles. The number of rotatable bonds is 22. The molecular weight excluding hydrogens is 544 g/mol. The Balaban J connectivity index is 4.34. The molecule has 0 aromatic rings. The summed E-state index contributed by atoms with van der Waals surface area (Å²) in [5.41, 5.74) is -0.668. The number of nitrogens with one attached hydrogen (secondary N) is 2. The van der Waals surface area contributed by atoms with Crippen LogP contribution < -0.4 is 10.6 Å². The van der Waals surface area contributed by atoms with Crippen LogP contribution in [-0.4, -0.2) is 49.1 Å². The van der Waals surface area contributed by atoms with Gasteiger partial charge in [-0.2, -0.15) is 0 Å². The molecule has 2 N–H and O–H groups in total. The topological polar surface area (TPSA) is 111 Å². The van der Waals surface area contributed by atoms with Crippen molar-refractivity contribution in [1.82, 2.24) is 10.6 Å². The van der Waals surface area contributed by atoms with Crippen LogP contribution in [-0.2, 0) is 28.7 Å². The number of methoxy groups -OCH3 is 1. The monoisotopic (exact) mass is 598 g/mol. The van der Waals surface area contributed by atoms with Crippen LogP contribution in [0.1, 0.15) is 98.3 Å². The standard InChI is InChI=1S/C35H54N2O6/c1-6-7-8-9-10-11-12-13-14-15-16-17-18-19-20-21-22-26-32(39)37-30(34(41)43-35(2,3)4)25-23-24-29-36-31(38)27-28-33(40)42-5/h7-8,10-11,13-14,16-17,19-20,27-28,30H,6,9,12,15,18,21-26,29H2,1-5H3,(H,36,38)(H,37,39). The second-order valence-electron chi connectivity index (χ2n) is 10.9. The summed E-state index contributed by atoms with van der Waals surface area (Å²) < 4.78 is 9.94. The van der Waals surface area contributed by atoms with Crippen molar-refractivity contribution in [2.75, 3.05) is 13.7 Å². The zero-order valence-corrected chi connectivity index (χ0v) is 26.9. The molecule has 0 aliphatic carbocycles. The predicted octanol–water partition coefficient (Wildman–Crippen LogP) is 6.75. The maximum Gasteiger partial charge on any atom is 0.330 e. The maximum absolute atomic E-state index is 12.7. The summed E-state index contributed by atoms with van der Waals surface area (Å²) >= 11 is 0. The number of unbranched alkanes of at least 4 members (excludes halogenated alkanes) is 2. The highest BCUT2D eigenvalue weighted by atomic mass is 16.6. The Hall–Kier alpha value is -3.68. The number of allylic oxidation sites excluding steroid dienone is 10. The molecule has 0 radical (unpaired) electrons. The fourth-order valence-corrected chi connectivity index (χ4v) is 3.59. The smallest absolute Gasteiger partial charge is 0.330 e. The summed E-state index contributed by atoms with van der Waals surface area (Å²) in [6, 6.07) is -0.754. The molecular formula is C35H54N2O6. The fraction of sp³-hybridized carbons (Fsp3) is 0.543. The molecule has 0 aromatic heterocycles. The van der Waals surface area contributed by atoms with E-state index in [2.05, 4.69) is 83.1 Å². The van der Waals surface area contributed by atoms with Gasteiger partial charge >= 0.3 is 11.9 Å². The van der Waals surface area contributed by atoms with Crippen molar-refractivity contribution < 1.29 is 28.7 Å².